The van der Waals surface area contributed by atoms with Crippen LogP contribution in [-0.4, -0.2) is 31.1 Å². The van der Waals surface area contributed by atoms with E-state index in [0.29, 0.717) is 12.5 Å². The lowest BCUT2D eigenvalue weighted by Gasteiger charge is -2.37. The molecule has 1 aromatic carbocycles. The summed E-state index contributed by atoms with van der Waals surface area (Å²) < 4.78 is 13.0. The van der Waals surface area contributed by atoms with E-state index in [2.05, 4.69) is 10.2 Å². The summed E-state index contributed by atoms with van der Waals surface area (Å²) in [6.45, 7) is 4.55. The van der Waals surface area contributed by atoms with E-state index in [1.807, 2.05) is 19.1 Å². The third-order valence-corrected chi connectivity index (χ3v) is 5.61. The molecule has 2 fully saturated rings. The molecule has 3 atom stereocenters. The third-order valence-electron chi connectivity index (χ3n) is 5.61. The first kappa shape index (κ1) is 17.2. The molecule has 4 nitrogen and oxygen atoms in total. The second-order valence-electron chi connectivity index (χ2n) is 7.63. The molecule has 0 aromatic heterocycles. The Morgan fingerprint density at radius 1 is 1.33 bits per heavy atom. The van der Waals surface area contributed by atoms with E-state index in [-0.39, 0.29) is 23.2 Å². The summed E-state index contributed by atoms with van der Waals surface area (Å²) in [5, 5.41) is 3.13. The van der Waals surface area contributed by atoms with Crippen molar-refractivity contribution in [2.75, 3.05) is 24.5 Å². The minimum absolute atomic E-state index is 0.0687. The highest BCUT2D eigenvalue weighted by Gasteiger charge is 2.38. The fourth-order valence-electron chi connectivity index (χ4n) is 4.04. The van der Waals surface area contributed by atoms with Crippen LogP contribution in [0.3, 0.4) is 0 Å². The van der Waals surface area contributed by atoms with Crippen LogP contribution in [-0.2, 0) is 4.79 Å². The van der Waals surface area contributed by atoms with Crippen molar-refractivity contribution in [3.63, 3.8) is 0 Å². The van der Waals surface area contributed by atoms with Crippen LogP contribution in [0.1, 0.15) is 39.0 Å². The lowest BCUT2D eigenvalue weighted by atomic mass is 9.74. The van der Waals surface area contributed by atoms with E-state index in [0.717, 1.165) is 50.9 Å². The van der Waals surface area contributed by atoms with E-state index in [4.69, 9.17) is 5.73 Å². The molecular formula is C19H28FN3O. The van der Waals surface area contributed by atoms with Gasteiger partial charge >= 0.3 is 0 Å². The highest BCUT2D eigenvalue weighted by Crippen LogP contribution is 2.32. The van der Waals surface area contributed by atoms with Crippen molar-refractivity contribution in [2.24, 2.45) is 17.6 Å². The van der Waals surface area contributed by atoms with Crippen LogP contribution in [0.4, 0.5) is 10.1 Å². The summed E-state index contributed by atoms with van der Waals surface area (Å²) >= 11 is 0. The molecule has 1 saturated heterocycles. The molecule has 3 rings (SSSR count). The number of nitrogens with two attached hydrogens (primary N) is 1. The van der Waals surface area contributed by atoms with Gasteiger partial charge in [-0.1, -0.05) is 12.8 Å². The van der Waals surface area contributed by atoms with Gasteiger partial charge in [-0.2, -0.15) is 0 Å². The van der Waals surface area contributed by atoms with Gasteiger partial charge in [0.15, 0.2) is 0 Å². The zero-order valence-electron chi connectivity index (χ0n) is 14.4. The van der Waals surface area contributed by atoms with Gasteiger partial charge in [-0.25, -0.2) is 4.39 Å². The number of halogens is 1. The Bertz CT molecular complexity index is 572. The average molecular weight is 333 g/mol. The molecule has 0 spiro atoms. The molecule has 3 unspecified atom stereocenters. The molecule has 1 saturated carbocycles. The molecule has 24 heavy (non-hydrogen) atoms. The highest BCUT2D eigenvalue weighted by atomic mass is 19.1. The van der Waals surface area contributed by atoms with Crippen LogP contribution in [0, 0.1) is 17.7 Å². The number of carbonyl (C=O) groups excluding carboxylic acids is 1. The van der Waals surface area contributed by atoms with Crippen molar-refractivity contribution in [1.82, 2.24) is 5.32 Å². The second kappa shape index (κ2) is 7.09. The van der Waals surface area contributed by atoms with E-state index in [1.165, 1.54) is 12.1 Å². The van der Waals surface area contributed by atoms with Crippen molar-refractivity contribution in [2.45, 2.75) is 44.6 Å². The molecule has 0 radical (unpaired) electrons. The largest absolute Gasteiger partial charge is 0.371 e. The van der Waals surface area contributed by atoms with Gasteiger partial charge in [-0.3, -0.25) is 4.79 Å². The van der Waals surface area contributed by atoms with Gasteiger partial charge in [0.05, 0.1) is 5.92 Å². The molecule has 1 heterocycles. The molecule has 132 valence electrons. The maximum absolute atomic E-state index is 13.0. The number of nitrogens with one attached hydrogen (secondary N) is 1. The van der Waals surface area contributed by atoms with Gasteiger partial charge < -0.3 is 16.0 Å². The molecular weight excluding hydrogens is 305 g/mol. The van der Waals surface area contributed by atoms with Crippen molar-refractivity contribution < 1.29 is 9.18 Å². The van der Waals surface area contributed by atoms with Crippen LogP contribution in [0.25, 0.3) is 0 Å². The Morgan fingerprint density at radius 3 is 2.79 bits per heavy atom. The number of amides is 1. The first-order valence-corrected chi connectivity index (χ1v) is 9.03. The fraction of sp³-hybridized carbons (Fsp3) is 0.632. The number of rotatable bonds is 4. The van der Waals surface area contributed by atoms with E-state index >= 15 is 0 Å². The summed E-state index contributed by atoms with van der Waals surface area (Å²) in [6, 6.07) is 6.63. The fourth-order valence-corrected chi connectivity index (χ4v) is 4.04. The van der Waals surface area contributed by atoms with E-state index in [1.54, 1.807) is 0 Å². The quantitative estimate of drug-likeness (QED) is 0.891. The van der Waals surface area contributed by atoms with Crippen molar-refractivity contribution in [1.29, 1.82) is 0 Å². The molecule has 1 amide bonds. The number of hydrogen-bond donors (Lipinski definition) is 2. The first-order valence-electron chi connectivity index (χ1n) is 9.03. The van der Waals surface area contributed by atoms with Crippen LogP contribution in [0.2, 0.25) is 0 Å². The Labute approximate surface area is 143 Å². The Balaban J connectivity index is 1.49. The Hall–Kier alpha value is -1.62. The number of hydrogen-bond acceptors (Lipinski definition) is 3. The lowest BCUT2D eigenvalue weighted by molar-refractivity contribution is -0.128. The maximum atomic E-state index is 13.0. The van der Waals surface area contributed by atoms with E-state index < -0.39 is 0 Å². The molecule has 3 N–H and O–H groups in total. The molecule has 1 aliphatic carbocycles. The maximum Gasteiger partial charge on any atom is 0.224 e. The van der Waals surface area contributed by atoms with Gasteiger partial charge in [0.1, 0.15) is 5.82 Å². The standard InChI is InChI=1S/C19H28FN3O/c1-19(21)10-3-2-4-17(19)18(24)22-12-14-9-11-23(13-14)16-7-5-15(20)6-8-16/h5-8,14,17H,2-4,9-13,21H2,1H3,(H,22,24). The summed E-state index contributed by atoms with van der Waals surface area (Å²) in [5.41, 5.74) is 6.99. The van der Waals surface area contributed by atoms with Gasteiger partial charge in [0.25, 0.3) is 0 Å². The third kappa shape index (κ3) is 3.89. The first-order chi connectivity index (χ1) is 11.5. The summed E-state index contributed by atoms with van der Waals surface area (Å²) in [7, 11) is 0. The highest BCUT2D eigenvalue weighted by molar-refractivity contribution is 5.80. The molecule has 5 heteroatoms. The molecule has 1 aromatic rings. The van der Waals surface area contributed by atoms with Crippen molar-refractivity contribution >= 4 is 11.6 Å². The zero-order valence-corrected chi connectivity index (χ0v) is 14.4. The second-order valence-corrected chi connectivity index (χ2v) is 7.63. The number of nitrogens with zero attached hydrogens (tertiary/aromatic N) is 1. The minimum atomic E-state index is -0.377. The van der Waals surface area contributed by atoms with Gasteiger partial charge in [0, 0.05) is 30.9 Å². The summed E-state index contributed by atoms with van der Waals surface area (Å²) in [6.07, 6.45) is 5.07. The van der Waals surface area contributed by atoms with Crippen LogP contribution >= 0.6 is 0 Å². The predicted molar refractivity (Wildman–Crippen MR) is 94.3 cm³/mol. The van der Waals surface area contributed by atoms with Gasteiger partial charge in [0.2, 0.25) is 5.91 Å². The van der Waals surface area contributed by atoms with Gasteiger partial charge in [-0.15, -0.1) is 0 Å². The van der Waals surface area contributed by atoms with Crippen LogP contribution < -0.4 is 16.0 Å². The SMILES string of the molecule is CC1(N)CCCCC1C(=O)NCC1CCN(c2ccc(F)cc2)C1. The summed E-state index contributed by atoms with van der Waals surface area (Å²) in [4.78, 5) is 14.8. The normalized spacial score (nSPS) is 30.4. The number of benzene rings is 1. The Kier molecular flexibility index (Phi) is 5.09. The predicted octanol–water partition coefficient (Wildman–Crippen LogP) is 2.68. The van der Waals surface area contributed by atoms with Crippen LogP contribution in [0.5, 0.6) is 0 Å². The van der Waals surface area contributed by atoms with E-state index in [9.17, 15) is 9.18 Å². The van der Waals surface area contributed by atoms with Crippen molar-refractivity contribution in [3.05, 3.63) is 30.1 Å². The monoisotopic (exact) mass is 333 g/mol. The Morgan fingerprint density at radius 2 is 2.08 bits per heavy atom. The number of anilines is 1. The molecule has 2 aliphatic rings. The van der Waals surface area contributed by atoms with Gasteiger partial charge in [-0.05, 0) is 56.4 Å². The minimum Gasteiger partial charge on any atom is -0.371 e. The average Bonchev–Trinajstić information content (AvgIpc) is 3.02. The lowest BCUT2D eigenvalue weighted by Crippen LogP contribution is -2.53. The smallest absolute Gasteiger partial charge is 0.224 e. The van der Waals surface area contributed by atoms with Crippen molar-refractivity contribution in [3.8, 4) is 0 Å². The molecule has 0 bridgehead atoms. The number of carbonyl (C=O) groups is 1. The summed E-state index contributed by atoms with van der Waals surface area (Å²) in [5.74, 6) is 0.270. The van der Waals surface area contributed by atoms with Crippen LogP contribution in [0.15, 0.2) is 24.3 Å². The zero-order chi connectivity index (χ0) is 17.2. The molecule has 1 aliphatic heterocycles. The topological polar surface area (TPSA) is 58.4 Å².